The van der Waals surface area contributed by atoms with E-state index in [-0.39, 0.29) is 17.0 Å². The van der Waals surface area contributed by atoms with Crippen molar-refractivity contribution in [1.82, 2.24) is 10.2 Å². The van der Waals surface area contributed by atoms with Crippen molar-refractivity contribution in [1.29, 1.82) is 0 Å². The zero-order valence-electron chi connectivity index (χ0n) is 12.7. The normalized spacial score (nSPS) is 27.6. The number of nitrogens with zero attached hydrogens (tertiary/aromatic N) is 1. The SMILES string of the molecule is CCC1(NC(=O)N2CCCC(C)(C)C2C(=O)O)CCC1. The molecule has 0 radical (unpaired) electrons. The first-order valence-corrected chi connectivity index (χ1v) is 7.63. The predicted octanol–water partition coefficient (Wildman–Crippen LogP) is 2.60. The highest BCUT2D eigenvalue weighted by molar-refractivity contribution is 5.84. The largest absolute Gasteiger partial charge is 0.480 e. The second-order valence-corrected chi connectivity index (χ2v) is 6.94. The maximum Gasteiger partial charge on any atom is 0.327 e. The average Bonchev–Trinajstić information content (AvgIpc) is 2.31. The Hall–Kier alpha value is -1.26. The molecule has 1 atom stereocenters. The molecule has 1 saturated heterocycles. The lowest BCUT2D eigenvalue weighted by molar-refractivity contribution is -0.148. The van der Waals surface area contributed by atoms with Gasteiger partial charge in [0.1, 0.15) is 6.04 Å². The minimum absolute atomic E-state index is 0.0955. The van der Waals surface area contributed by atoms with Crippen molar-refractivity contribution in [2.75, 3.05) is 6.54 Å². The number of rotatable bonds is 3. The third-order valence-electron chi connectivity index (χ3n) is 5.13. The molecule has 2 aliphatic rings. The zero-order valence-corrected chi connectivity index (χ0v) is 12.7. The summed E-state index contributed by atoms with van der Waals surface area (Å²) in [5.41, 5.74) is -0.470. The Labute approximate surface area is 120 Å². The van der Waals surface area contributed by atoms with Gasteiger partial charge in [0.15, 0.2) is 0 Å². The van der Waals surface area contributed by atoms with Gasteiger partial charge in [-0.15, -0.1) is 0 Å². The summed E-state index contributed by atoms with van der Waals surface area (Å²) < 4.78 is 0. The summed E-state index contributed by atoms with van der Waals surface area (Å²) in [6.45, 7) is 6.48. The highest BCUT2D eigenvalue weighted by atomic mass is 16.4. The number of carbonyl (C=O) groups excluding carboxylic acids is 1. The van der Waals surface area contributed by atoms with Gasteiger partial charge in [0.05, 0.1) is 0 Å². The molecule has 1 heterocycles. The summed E-state index contributed by atoms with van der Waals surface area (Å²) in [6.07, 6.45) is 5.76. The van der Waals surface area contributed by atoms with Crippen LogP contribution in [0.2, 0.25) is 0 Å². The molecule has 1 aliphatic heterocycles. The van der Waals surface area contributed by atoms with Gasteiger partial charge in [0, 0.05) is 12.1 Å². The number of urea groups is 1. The number of hydrogen-bond acceptors (Lipinski definition) is 2. The molecule has 2 rings (SSSR count). The van der Waals surface area contributed by atoms with Gasteiger partial charge >= 0.3 is 12.0 Å². The minimum Gasteiger partial charge on any atom is -0.480 e. The number of piperidine rings is 1. The van der Waals surface area contributed by atoms with E-state index >= 15 is 0 Å². The lowest BCUT2D eigenvalue weighted by atomic mass is 9.74. The van der Waals surface area contributed by atoms with Crippen LogP contribution in [-0.4, -0.2) is 40.1 Å². The molecule has 0 bridgehead atoms. The molecule has 1 saturated carbocycles. The number of carboxylic acid groups (broad SMARTS) is 1. The Balaban J connectivity index is 2.12. The fraction of sp³-hybridized carbons (Fsp3) is 0.867. The molecule has 0 aromatic heterocycles. The molecule has 2 fully saturated rings. The maximum absolute atomic E-state index is 12.5. The number of amides is 2. The molecule has 1 unspecified atom stereocenters. The monoisotopic (exact) mass is 282 g/mol. The van der Waals surface area contributed by atoms with Gasteiger partial charge in [0.25, 0.3) is 0 Å². The first kappa shape index (κ1) is 15.1. The third-order valence-corrected chi connectivity index (χ3v) is 5.13. The van der Waals surface area contributed by atoms with Crippen molar-refractivity contribution in [3.63, 3.8) is 0 Å². The summed E-state index contributed by atoms with van der Waals surface area (Å²) >= 11 is 0. The highest BCUT2D eigenvalue weighted by Gasteiger charge is 2.46. The van der Waals surface area contributed by atoms with Crippen LogP contribution in [0, 0.1) is 5.41 Å². The molecule has 2 amide bonds. The molecular weight excluding hydrogens is 256 g/mol. The van der Waals surface area contributed by atoms with Crippen molar-refractivity contribution in [2.24, 2.45) is 5.41 Å². The minimum atomic E-state index is -0.899. The van der Waals surface area contributed by atoms with Gasteiger partial charge in [-0.3, -0.25) is 0 Å². The van der Waals surface area contributed by atoms with Crippen LogP contribution in [0.5, 0.6) is 0 Å². The second-order valence-electron chi connectivity index (χ2n) is 6.94. The molecule has 20 heavy (non-hydrogen) atoms. The van der Waals surface area contributed by atoms with E-state index in [0.29, 0.717) is 6.54 Å². The van der Waals surface area contributed by atoms with Crippen LogP contribution in [0.3, 0.4) is 0 Å². The van der Waals surface area contributed by atoms with Crippen molar-refractivity contribution in [3.05, 3.63) is 0 Å². The van der Waals surface area contributed by atoms with E-state index in [9.17, 15) is 14.7 Å². The Morgan fingerprint density at radius 3 is 2.35 bits per heavy atom. The highest BCUT2D eigenvalue weighted by Crippen LogP contribution is 2.37. The van der Waals surface area contributed by atoms with Crippen molar-refractivity contribution < 1.29 is 14.7 Å². The lowest BCUT2D eigenvalue weighted by Gasteiger charge is -2.47. The lowest BCUT2D eigenvalue weighted by Crippen LogP contribution is -2.63. The molecule has 5 nitrogen and oxygen atoms in total. The van der Waals surface area contributed by atoms with Crippen molar-refractivity contribution >= 4 is 12.0 Å². The van der Waals surface area contributed by atoms with Crippen LogP contribution in [-0.2, 0) is 4.79 Å². The smallest absolute Gasteiger partial charge is 0.327 e. The van der Waals surface area contributed by atoms with Gasteiger partial charge < -0.3 is 15.3 Å². The van der Waals surface area contributed by atoms with Gasteiger partial charge in [-0.2, -0.15) is 0 Å². The molecule has 1 aliphatic carbocycles. The summed E-state index contributed by atoms with van der Waals surface area (Å²) in [4.78, 5) is 25.6. The maximum atomic E-state index is 12.5. The van der Waals surface area contributed by atoms with Crippen LogP contribution < -0.4 is 5.32 Å². The van der Waals surface area contributed by atoms with Crippen LogP contribution in [0.4, 0.5) is 4.79 Å². The molecule has 0 aromatic carbocycles. The first-order valence-electron chi connectivity index (χ1n) is 7.63. The number of nitrogens with one attached hydrogen (secondary N) is 1. The fourth-order valence-electron chi connectivity index (χ4n) is 3.55. The molecular formula is C15H26N2O3. The Kier molecular flexibility index (Phi) is 3.98. The Morgan fingerprint density at radius 1 is 1.25 bits per heavy atom. The van der Waals surface area contributed by atoms with E-state index in [1.165, 1.54) is 4.90 Å². The average molecular weight is 282 g/mol. The Bertz CT molecular complexity index is 396. The van der Waals surface area contributed by atoms with Gasteiger partial charge in [-0.05, 0) is 43.9 Å². The summed E-state index contributed by atoms with van der Waals surface area (Å²) in [7, 11) is 0. The Morgan fingerprint density at radius 2 is 1.90 bits per heavy atom. The van der Waals surface area contributed by atoms with E-state index in [0.717, 1.165) is 38.5 Å². The number of carboxylic acids is 1. The third kappa shape index (κ3) is 2.63. The molecule has 0 aromatic rings. The van der Waals surface area contributed by atoms with Crippen LogP contribution >= 0.6 is 0 Å². The van der Waals surface area contributed by atoms with Crippen LogP contribution in [0.15, 0.2) is 0 Å². The van der Waals surface area contributed by atoms with Crippen LogP contribution in [0.1, 0.15) is 59.3 Å². The van der Waals surface area contributed by atoms with Gasteiger partial charge in [-0.1, -0.05) is 20.8 Å². The zero-order chi connectivity index (χ0) is 15.0. The van der Waals surface area contributed by atoms with E-state index < -0.39 is 12.0 Å². The van der Waals surface area contributed by atoms with E-state index in [4.69, 9.17) is 0 Å². The topological polar surface area (TPSA) is 69.6 Å². The number of likely N-dealkylation sites (tertiary alicyclic amines) is 1. The number of aliphatic carboxylic acids is 1. The second kappa shape index (κ2) is 5.26. The fourth-order valence-corrected chi connectivity index (χ4v) is 3.55. The van der Waals surface area contributed by atoms with Gasteiger partial charge in [0.2, 0.25) is 0 Å². The van der Waals surface area contributed by atoms with Gasteiger partial charge in [-0.25, -0.2) is 9.59 Å². The van der Waals surface area contributed by atoms with E-state index in [2.05, 4.69) is 12.2 Å². The van der Waals surface area contributed by atoms with E-state index in [1.807, 2.05) is 13.8 Å². The van der Waals surface area contributed by atoms with E-state index in [1.54, 1.807) is 0 Å². The van der Waals surface area contributed by atoms with Crippen molar-refractivity contribution in [3.8, 4) is 0 Å². The van der Waals surface area contributed by atoms with Crippen molar-refractivity contribution in [2.45, 2.75) is 70.9 Å². The quantitative estimate of drug-likeness (QED) is 0.836. The van der Waals surface area contributed by atoms with Crippen LogP contribution in [0.25, 0.3) is 0 Å². The summed E-state index contributed by atoms with van der Waals surface area (Å²) in [6, 6.07) is -0.933. The summed E-state index contributed by atoms with van der Waals surface area (Å²) in [5, 5.41) is 12.6. The molecule has 2 N–H and O–H groups in total. The summed E-state index contributed by atoms with van der Waals surface area (Å²) in [5.74, 6) is -0.899. The molecule has 114 valence electrons. The molecule has 5 heteroatoms. The molecule has 0 spiro atoms. The standard InChI is InChI=1S/C15H26N2O3/c1-4-15(8-5-9-15)16-13(20)17-10-6-7-14(2,3)11(17)12(18)19/h11H,4-10H2,1-3H3,(H,16,20)(H,18,19). The number of carbonyl (C=O) groups is 2. The number of hydrogen-bond donors (Lipinski definition) is 2. The first-order chi connectivity index (χ1) is 9.31. The predicted molar refractivity (Wildman–Crippen MR) is 76.5 cm³/mol.